The largest absolute Gasteiger partial charge is 0.497 e. The fraction of sp³-hybridized carbons (Fsp3) is 0.174. The van der Waals surface area contributed by atoms with Crippen molar-refractivity contribution in [2.24, 2.45) is 0 Å². The van der Waals surface area contributed by atoms with E-state index >= 15 is 0 Å². The molecule has 3 rings (SSSR count). The Morgan fingerprint density at radius 3 is 2.11 bits per heavy atom. The van der Waals surface area contributed by atoms with Gasteiger partial charge < -0.3 is 19.5 Å². The number of nitrogens with one attached hydrogen (secondary N) is 1. The van der Waals surface area contributed by atoms with Gasteiger partial charge in [0.05, 0.1) is 7.11 Å². The van der Waals surface area contributed by atoms with Crippen LogP contribution < -0.4 is 19.5 Å². The van der Waals surface area contributed by atoms with E-state index in [1.54, 1.807) is 50.4 Å². The van der Waals surface area contributed by atoms with Crippen molar-refractivity contribution in [1.29, 1.82) is 0 Å². The number of amides is 1. The molecule has 3 aromatic carbocycles. The number of hydrogen-bond acceptors (Lipinski definition) is 4. The highest BCUT2D eigenvalue weighted by Crippen LogP contribution is 2.20. The van der Waals surface area contributed by atoms with Gasteiger partial charge in [0.1, 0.15) is 23.9 Å². The zero-order valence-corrected chi connectivity index (χ0v) is 15.9. The molecule has 144 valence electrons. The van der Waals surface area contributed by atoms with Gasteiger partial charge in [-0.2, -0.15) is 0 Å². The molecule has 5 nitrogen and oxygen atoms in total. The van der Waals surface area contributed by atoms with Crippen molar-refractivity contribution in [2.75, 3.05) is 12.4 Å². The predicted octanol–water partition coefficient (Wildman–Crippen LogP) is 4.68. The van der Waals surface area contributed by atoms with Crippen LogP contribution in [0.2, 0.25) is 0 Å². The van der Waals surface area contributed by atoms with E-state index in [2.05, 4.69) is 5.32 Å². The minimum Gasteiger partial charge on any atom is -0.497 e. The molecule has 1 atom stereocenters. The molecule has 0 spiro atoms. The normalized spacial score (nSPS) is 11.4. The zero-order valence-electron chi connectivity index (χ0n) is 15.9. The van der Waals surface area contributed by atoms with Gasteiger partial charge in [0, 0.05) is 5.69 Å². The molecular weight excluding hydrogens is 354 g/mol. The first-order valence-electron chi connectivity index (χ1n) is 9.02. The van der Waals surface area contributed by atoms with Crippen LogP contribution in [-0.2, 0) is 11.4 Å². The van der Waals surface area contributed by atoms with Crippen molar-refractivity contribution in [3.05, 3.63) is 84.4 Å². The summed E-state index contributed by atoms with van der Waals surface area (Å²) in [4.78, 5) is 12.3. The number of carbonyl (C=O) groups excluding carboxylic acids is 1. The molecule has 0 saturated heterocycles. The van der Waals surface area contributed by atoms with Crippen molar-refractivity contribution < 1.29 is 19.0 Å². The molecule has 1 N–H and O–H groups in total. The van der Waals surface area contributed by atoms with Crippen LogP contribution in [0, 0.1) is 0 Å². The number of anilines is 1. The summed E-state index contributed by atoms with van der Waals surface area (Å²) in [7, 11) is 1.60. The van der Waals surface area contributed by atoms with Crippen LogP contribution in [0.3, 0.4) is 0 Å². The Balaban J connectivity index is 1.50. The highest BCUT2D eigenvalue weighted by atomic mass is 16.5. The molecule has 0 fully saturated rings. The van der Waals surface area contributed by atoms with E-state index in [0.29, 0.717) is 18.0 Å². The zero-order chi connectivity index (χ0) is 19.8. The molecular formula is C23H23NO4. The van der Waals surface area contributed by atoms with Crippen LogP contribution in [0.25, 0.3) is 0 Å². The van der Waals surface area contributed by atoms with Crippen LogP contribution in [0.1, 0.15) is 12.5 Å². The van der Waals surface area contributed by atoms with Crippen LogP contribution in [0.5, 0.6) is 17.2 Å². The molecule has 1 amide bonds. The van der Waals surface area contributed by atoms with Gasteiger partial charge in [0.15, 0.2) is 6.10 Å². The molecule has 5 heteroatoms. The maximum atomic E-state index is 12.3. The first-order chi connectivity index (χ1) is 13.6. The van der Waals surface area contributed by atoms with Gasteiger partial charge in [-0.1, -0.05) is 30.3 Å². The van der Waals surface area contributed by atoms with Crippen molar-refractivity contribution >= 4 is 11.6 Å². The summed E-state index contributed by atoms with van der Waals surface area (Å²) in [6, 6.07) is 24.3. The first kappa shape index (κ1) is 19.3. The first-order valence-corrected chi connectivity index (χ1v) is 9.02. The number of ether oxygens (including phenoxy) is 3. The van der Waals surface area contributed by atoms with Crippen molar-refractivity contribution in [3.8, 4) is 17.2 Å². The second-order valence-electron chi connectivity index (χ2n) is 6.22. The molecule has 0 aliphatic rings. The minimum atomic E-state index is -0.637. The van der Waals surface area contributed by atoms with Crippen molar-refractivity contribution in [3.63, 3.8) is 0 Å². The molecule has 3 aromatic rings. The Labute approximate surface area is 164 Å². The number of hydrogen-bond donors (Lipinski definition) is 1. The average molecular weight is 377 g/mol. The van der Waals surface area contributed by atoms with Gasteiger partial charge in [0.25, 0.3) is 5.91 Å². The van der Waals surface area contributed by atoms with E-state index in [9.17, 15) is 4.79 Å². The van der Waals surface area contributed by atoms with Gasteiger partial charge >= 0.3 is 0 Å². The van der Waals surface area contributed by atoms with Gasteiger partial charge in [-0.05, 0) is 61.0 Å². The van der Waals surface area contributed by atoms with Gasteiger partial charge in [0.2, 0.25) is 0 Å². The van der Waals surface area contributed by atoms with E-state index in [-0.39, 0.29) is 5.91 Å². The molecule has 0 aromatic heterocycles. The molecule has 0 heterocycles. The lowest BCUT2D eigenvalue weighted by Crippen LogP contribution is -2.30. The summed E-state index contributed by atoms with van der Waals surface area (Å²) in [6.45, 7) is 2.20. The summed E-state index contributed by atoms with van der Waals surface area (Å²) in [5.74, 6) is 1.85. The Morgan fingerprint density at radius 1 is 0.857 bits per heavy atom. The second kappa shape index (κ2) is 9.46. The lowest BCUT2D eigenvalue weighted by molar-refractivity contribution is -0.122. The third-order valence-corrected chi connectivity index (χ3v) is 4.11. The molecule has 0 aliphatic carbocycles. The third-order valence-electron chi connectivity index (χ3n) is 4.11. The number of benzene rings is 3. The summed E-state index contributed by atoms with van der Waals surface area (Å²) in [5.41, 5.74) is 1.78. The molecule has 0 saturated carbocycles. The number of carbonyl (C=O) groups is 1. The Bertz CT molecular complexity index is 877. The average Bonchev–Trinajstić information content (AvgIpc) is 2.74. The fourth-order valence-electron chi connectivity index (χ4n) is 2.53. The maximum absolute atomic E-state index is 12.3. The monoisotopic (exact) mass is 377 g/mol. The smallest absolute Gasteiger partial charge is 0.265 e. The van der Waals surface area contributed by atoms with E-state index < -0.39 is 6.10 Å². The summed E-state index contributed by atoms with van der Waals surface area (Å²) in [6.07, 6.45) is -0.637. The lowest BCUT2D eigenvalue weighted by Gasteiger charge is -2.15. The standard InChI is InChI=1S/C23H23NO4/c1-17(28-22-14-12-20(26-2)13-15-22)23(25)24-19-8-10-21(11-9-19)27-16-18-6-4-3-5-7-18/h3-15,17H,16H2,1-2H3,(H,24,25). The maximum Gasteiger partial charge on any atom is 0.265 e. The number of rotatable bonds is 8. The second-order valence-corrected chi connectivity index (χ2v) is 6.22. The van der Waals surface area contributed by atoms with Crippen molar-refractivity contribution in [1.82, 2.24) is 0 Å². The highest BCUT2D eigenvalue weighted by molar-refractivity contribution is 5.94. The molecule has 0 aliphatic heterocycles. The van der Waals surface area contributed by atoms with E-state index in [1.807, 2.05) is 42.5 Å². The van der Waals surface area contributed by atoms with Gasteiger partial charge in [-0.25, -0.2) is 0 Å². The van der Waals surface area contributed by atoms with Gasteiger partial charge in [-0.15, -0.1) is 0 Å². The fourth-order valence-corrected chi connectivity index (χ4v) is 2.53. The summed E-state index contributed by atoms with van der Waals surface area (Å²) < 4.78 is 16.5. The Morgan fingerprint density at radius 2 is 1.46 bits per heavy atom. The SMILES string of the molecule is COc1ccc(OC(C)C(=O)Nc2ccc(OCc3ccccc3)cc2)cc1. The molecule has 0 bridgehead atoms. The minimum absolute atomic E-state index is 0.228. The molecule has 28 heavy (non-hydrogen) atoms. The van der Waals surface area contributed by atoms with E-state index in [4.69, 9.17) is 14.2 Å². The van der Waals surface area contributed by atoms with Crippen LogP contribution in [0.4, 0.5) is 5.69 Å². The Hall–Kier alpha value is -3.47. The van der Waals surface area contributed by atoms with Crippen LogP contribution in [0.15, 0.2) is 78.9 Å². The molecule has 1 unspecified atom stereocenters. The lowest BCUT2D eigenvalue weighted by atomic mass is 10.2. The number of methoxy groups -OCH3 is 1. The quantitative estimate of drug-likeness (QED) is 0.619. The van der Waals surface area contributed by atoms with Crippen LogP contribution >= 0.6 is 0 Å². The Kier molecular flexibility index (Phi) is 6.52. The molecule has 0 radical (unpaired) electrons. The summed E-state index contributed by atoms with van der Waals surface area (Å²) >= 11 is 0. The van der Waals surface area contributed by atoms with E-state index in [0.717, 1.165) is 17.1 Å². The predicted molar refractivity (Wildman–Crippen MR) is 109 cm³/mol. The highest BCUT2D eigenvalue weighted by Gasteiger charge is 2.15. The van der Waals surface area contributed by atoms with E-state index in [1.165, 1.54) is 0 Å². The van der Waals surface area contributed by atoms with Crippen LogP contribution in [-0.4, -0.2) is 19.1 Å². The third kappa shape index (κ3) is 5.51. The van der Waals surface area contributed by atoms with Gasteiger partial charge in [-0.3, -0.25) is 4.79 Å². The topological polar surface area (TPSA) is 56.8 Å². The summed E-state index contributed by atoms with van der Waals surface area (Å²) in [5, 5.41) is 2.84. The van der Waals surface area contributed by atoms with Crippen molar-refractivity contribution in [2.45, 2.75) is 19.6 Å².